The molecule has 5 nitrogen and oxygen atoms in total. The number of likely N-dealkylation sites (tertiary alicyclic amines) is 1. The van der Waals surface area contributed by atoms with Crippen LogP contribution in [0, 0.1) is 0 Å². The Morgan fingerprint density at radius 1 is 1.12 bits per heavy atom. The van der Waals surface area contributed by atoms with Crippen LogP contribution in [0.25, 0.3) is 10.9 Å². The van der Waals surface area contributed by atoms with E-state index in [-0.39, 0.29) is 6.10 Å². The molecule has 0 saturated carbocycles. The van der Waals surface area contributed by atoms with E-state index in [0.29, 0.717) is 5.02 Å². The highest BCUT2D eigenvalue weighted by molar-refractivity contribution is 6.30. The Balaban J connectivity index is 1.67. The fourth-order valence-corrected chi connectivity index (χ4v) is 3.45. The van der Waals surface area contributed by atoms with Crippen molar-refractivity contribution in [2.24, 2.45) is 0 Å². The summed E-state index contributed by atoms with van der Waals surface area (Å²) in [6.45, 7) is 2.11. The van der Waals surface area contributed by atoms with Crippen molar-refractivity contribution >= 4 is 34.0 Å². The summed E-state index contributed by atoms with van der Waals surface area (Å²) < 4.78 is 6.35. The molecule has 4 rings (SSSR count). The van der Waals surface area contributed by atoms with Gasteiger partial charge >= 0.3 is 0 Å². The monoisotopic (exact) mass is 368 g/mol. The lowest BCUT2D eigenvalue weighted by Crippen LogP contribution is -2.35. The number of ether oxygens (including phenoxy) is 1. The average Bonchev–Trinajstić information content (AvgIpc) is 2.64. The summed E-state index contributed by atoms with van der Waals surface area (Å²) in [4.78, 5) is 11.2. The predicted molar refractivity (Wildman–Crippen MR) is 105 cm³/mol. The van der Waals surface area contributed by atoms with E-state index in [9.17, 15) is 0 Å². The summed E-state index contributed by atoms with van der Waals surface area (Å²) in [6, 6.07) is 13.5. The number of fused-ring (bicyclic) bond motifs is 1. The zero-order chi connectivity index (χ0) is 17.9. The molecular formula is C20H21ClN4O. The van der Waals surface area contributed by atoms with Gasteiger partial charge in [0, 0.05) is 23.8 Å². The van der Waals surface area contributed by atoms with Gasteiger partial charge in [0.05, 0.1) is 10.9 Å². The molecule has 0 aliphatic carbocycles. The third-order valence-electron chi connectivity index (χ3n) is 4.67. The molecule has 134 valence electrons. The second kappa shape index (κ2) is 7.48. The zero-order valence-corrected chi connectivity index (χ0v) is 15.4. The SMILES string of the molecule is CN1CCC(Oc2cccc3ncnc(Nc4cccc(Cl)c4)c23)CC1. The molecule has 3 aromatic rings. The summed E-state index contributed by atoms with van der Waals surface area (Å²) in [7, 11) is 2.15. The lowest BCUT2D eigenvalue weighted by Gasteiger charge is -2.29. The Kier molecular flexibility index (Phi) is 4.91. The molecule has 6 heteroatoms. The number of halogens is 1. The largest absolute Gasteiger partial charge is 0.489 e. The van der Waals surface area contributed by atoms with E-state index in [4.69, 9.17) is 16.3 Å². The number of hydrogen-bond donors (Lipinski definition) is 1. The van der Waals surface area contributed by atoms with Gasteiger partial charge < -0.3 is 15.0 Å². The van der Waals surface area contributed by atoms with Gasteiger partial charge in [-0.15, -0.1) is 0 Å². The van der Waals surface area contributed by atoms with Gasteiger partial charge in [0.15, 0.2) is 0 Å². The molecule has 1 N–H and O–H groups in total. The molecule has 0 amide bonds. The van der Waals surface area contributed by atoms with E-state index in [1.54, 1.807) is 6.33 Å². The Morgan fingerprint density at radius 2 is 1.92 bits per heavy atom. The Morgan fingerprint density at radius 3 is 2.73 bits per heavy atom. The van der Waals surface area contributed by atoms with Crippen LogP contribution in [0.1, 0.15) is 12.8 Å². The van der Waals surface area contributed by atoms with Crippen LogP contribution >= 0.6 is 11.6 Å². The molecule has 1 aliphatic heterocycles. The third-order valence-corrected chi connectivity index (χ3v) is 4.91. The standard InChI is InChI=1S/C20H21ClN4O/c1-25-10-8-16(9-11-25)26-18-7-3-6-17-19(18)20(23-13-22-17)24-15-5-2-4-14(21)12-15/h2-7,12-13,16H,8-11H2,1H3,(H,22,23,24). The molecule has 1 aliphatic rings. The number of piperidine rings is 1. The predicted octanol–water partition coefficient (Wildman–Crippen LogP) is 4.50. The normalized spacial score (nSPS) is 15.9. The molecule has 2 aromatic carbocycles. The molecule has 0 spiro atoms. The molecule has 0 radical (unpaired) electrons. The number of nitrogens with zero attached hydrogens (tertiary/aromatic N) is 3. The number of rotatable bonds is 4. The second-order valence-corrected chi connectivity index (χ2v) is 7.06. The van der Waals surface area contributed by atoms with Gasteiger partial charge in [0.1, 0.15) is 24.0 Å². The van der Waals surface area contributed by atoms with Crippen LogP contribution in [0.5, 0.6) is 5.75 Å². The van der Waals surface area contributed by atoms with Crippen molar-refractivity contribution in [3.63, 3.8) is 0 Å². The maximum Gasteiger partial charge on any atom is 0.145 e. The molecule has 0 unspecified atom stereocenters. The van der Waals surface area contributed by atoms with Crippen LogP contribution < -0.4 is 10.1 Å². The minimum absolute atomic E-state index is 0.219. The first-order chi connectivity index (χ1) is 12.7. The van der Waals surface area contributed by atoms with Gasteiger partial charge in [-0.2, -0.15) is 0 Å². The quantitative estimate of drug-likeness (QED) is 0.734. The zero-order valence-electron chi connectivity index (χ0n) is 14.7. The number of anilines is 2. The first-order valence-electron chi connectivity index (χ1n) is 8.80. The van der Waals surface area contributed by atoms with Crippen molar-refractivity contribution in [1.29, 1.82) is 0 Å². The first kappa shape index (κ1) is 17.1. The molecule has 0 bridgehead atoms. The lowest BCUT2D eigenvalue weighted by atomic mass is 10.1. The Labute approximate surface area is 158 Å². The fraction of sp³-hybridized carbons (Fsp3) is 0.300. The Bertz CT molecular complexity index is 904. The molecule has 1 aromatic heterocycles. The minimum Gasteiger partial charge on any atom is -0.489 e. The summed E-state index contributed by atoms with van der Waals surface area (Å²) in [5, 5.41) is 4.92. The van der Waals surface area contributed by atoms with Crippen LogP contribution in [-0.4, -0.2) is 41.1 Å². The minimum atomic E-state index is 0.219. The summed E-state index contributed by atoms with van der Waals surface area (Å²) in [5.74, 6) is 1.54. The first-order valence-corrected chi connectivity index (χ1v) is 9.18. The summed E-state index contributed by atoms with van der Waals surface area (Å²) in [6.07, 6.45) is 3.83. The van der Waals surface area contributed by atoms with Gasteiger partial charge in [0.2, 0.25) is 0 Å². The van der Waals surface area contributed by atoms with Gasteiger partial charge in [-0.1, -0.05) is 23.7 Å². The van der Waals surface area contributed by atoms with E-state index >= 15 is 0 Å². The highest BCUT2D eigenvalue weighted by atomic mass is 35.5. The number of hydrogen-bond acceptors (Lipinski definition) is 5. The van der Waals surface area contributed by atoms with Crippen molar-refractivity contribution in [3.8, 4) is 5.75 Å². The maximum atomic E-state index is 6.35. The molecular weight excluding hydrogens is 348 g/mol. The molecule has 2 heterocycles. The van der Waals surface area contributed by atoms with Gasteiger partial charge in [0.25, 0.3) is 0 Å². The Hall–Kier alpha value is -2.37. The van der Waals surface area contributed by atoms with E-state index in [0.717, 1.165) is 54.1 Å². The van der Waals surface area contributed by atoms with Gasteiger partial charge in [-0.3, -0.25) is 0 Å². The van der Waals surface area contributed by atoms with Crippen molar-refractivity contribution in [1.82, 2.24) is 14.9 Å². The van der Waals surface area contributed by atoms with Crippen molar-refractivity contribution in [2.45, 2.75) is 18.9 Å². The van der Waals surface area contributed by atoms with Gasteiger partial charge in [-0.05, 0) is 50.2 Å². The topological polar surface area (TPSA) is 50.3 Å². The van der Waals surface area contributed by atoms with E-state index < -0.39 is 0 Å². The van der Waals surface area contributed by atoms with Gasteiger partial charge in [-0.25, -0.2) is 9.97 Å². The highest BCUT2D eigenvalue weighted by Crippen LogP contribution is 2.33. The summed E-state index contributed by atoms with van der Waals surface area (Å²) in [5.41, 5.74) is 1.74. The number of benzene rings is 2. The van der Waals surface area contributed by atoms with Crippen molar-refractivity contribution in [3.05, 3.63) is 53.8 Å². The van der Waals surface area contributed by atoms with E-state index in [1.165, 1.54) is 0 Å². The number of nitrogens with one attached hydrogen (secondary N) is 1. The number of aromatic nitrogens is 2. The van der Waals surface area contributed by atoms with Crippen LogP contribution in [0.15, 0.2) is 48.8 Å². The van der Waals surface area contributed by atoms with Crippen molar-refractivity contribution in [2.75, 3.05) is 25.5 Å². The highest BCUT2D eigenvalue weighted by Gasteiger charge is 2.20. The third kappa shape index (κ3) is 3.74. The van der Waals surface area contributed by atoms with Crippen LogP contribution in [0.3, 0.4) is 0 Å². The van der Waals surface area contributed by atoms with E-state index in [2.05, 4.69) is 27.2 Å². The van der Waals surface area contributed by atoms with Crippen LogP contribution in [0.2, 0.25) is 5.02 Å². The lowest BCUT2D eigenvalue weighted by molar-refractivity contribution is 0.116. The average molecular weight is 369 g/mol. The molecule has 1 fully saturated rings. The smallest absolute Gasteiger partial charge is 0.145 e. The van der Waals surface area contributed by atoms with Crippen LogP contribution in [0.4, 0.5) is 11.5 Å². The molecule has 1 saturated heterocycles. The van der Waals surface area contributed by atoms with Crippen molar-refractivity contribution < 1.29 is 4.74 Å². The molecule has 0 atom stereocenters. The second-order valence-electron chi connectivity index (χ2n) is 6.63. The van der Waals surface area contributed by atoms with Crippen LogP contribution in [-0.2, 0) is 0 Å². The molecule has 26 heavy (non-hydrogen) atoms. The summed E-state index contributed by atoms with van der Waals surface area (Å²) >= 11 is 6.10. The maximum absolute atomic E-state index is 6.35. The fourth-order valence-electron chi connectivity index (χ4n) is 3.26. The van der Waals surface area contributed by atoms with E-state index in [1.807, 2.05) is 42.5 Å².